The Labute approximate surface area is 95.4 Å². The molecule has 1 N–H and O–H groups in total. The van der Waals surface area contributed by atoms with E-state index in [4.69, 9.17) is 9.47 Å². The van der Waals surface area contributed by atoms with E-state index in [0.29, 0.717) is 6.61 Å². The number of hydrogen-bond donors (Lipinski definition) is 1. The van der Waals surface area contributed by atoms with Crippen molar-refractivity contribution in [2.24, 2.45) is 0 Å². The van der Waals surface area contributed by atoms with Gasteiger partial charge in [0.1, 0.15) is 5.75 Å². The van der Waals surface area contributed by atoms with Crippen LogP contribution in [0.4, 0.5) is 0 Å². The summed E-state index contributed by atoms with van der Waals surface area (Å²) in [5.41, 5.74) is 1.09. The van der Waals surface area contributed by atoms with E-state index >= 15 is 0 Å². The summed E-state index contributed by atoms with van der Waals surface area (Å²) in [5.74, 6) is 0.857. The first-order chi connectivity index (χ1) is 7.85. The number of benzene rings is 1. The van der Waals surface area contributed by atoms with E-state index in [1.165, 1.54) is 0 Å². The van der Waals surface area contributed by atoms with E-state index in [9.17, 15) is 0 Å². The van der Waals surface area contributed by atoms with Crippen LogP contribution in [-0.2, 0) is 4.74 Å². The summed E-state index contributed by atoms with van der Waals surface area (Å²) >= 11 is 0. The zero-order valence-electron chi connectivity index (χ0n) is 9.69. The summed E-state index contributed by atoms with van der Waals surface area (Å²) in [7, 11) is 0. The molecule has 1 heterocycles. The van der Waals surface area contributed by atoms with Crippen molar-refractivity contribution < 1.29 is 9.47 Å². The second kappa shape index (κ2) is 5.03. The molecule has 0 aliphatic carbocycles. The highest BCUT2D eigenvalue weighted by atomic mass is 16.7. The van der Waals surface area contributed by atoms with Gasteiger partial charge in [-0.15, -0.1) is 0 Å². The maximum atomic E-state index is 5.80. The molecule has 2 aromatic rings. The molecular weight excluding hydrogens is 202 g/mol. The number of para-hydroxylation sites is 1. The number of aromatic nitrogens is 1. The quantitative estimate of drug-likeness (QED) is 0.783. The molecule has 0 radical (unpaired) electrons. The monoisotopic (exact) mass is 219 g/mol. The van der Waals surface area contributed by atoms with Crippen LogP contribution in [0.2, 0.25) is 0 Å². The summed E-state index contributed by atoms with van der Waals surface area (Å²) in [6, 6.07) is 8.08. The first-order valence-corrected chi connectivity index (χ1v) is 5.69. The Bertz CT molecular complexity index is 450. The van der Waals surface area contributed by atoms with Gasteiger partial charge in [-0.05, 0) is 19.1 Å². The van der Waals surface area contributed by atoms with E-state index in [2.05, 4.69) is 11.9 Å². The molecule has 3 heteroatoms. The zero-order chi connectivity index (χ0) is 11.4. The fourth-order valence-electron chi connectivity index (χ4n) is 1.71. The third kappa shape index (κ3) is 2.19. The maximum Gasteiger partial charge on any atom is 0.199 e. The largest absolute Gasteiger partial charge is 0.463 e. The lowest BCUT2D eigenvalue weighted by atomic mass is 10.2. The molecule has 16 heavy (non-hydrogen) atoms. The van der Waals surface area contributed by atoms with Gasteiger partial charge in [-0.25, -0.2) is 0 Å². The standard InChI is InChI=1S/C13H17NO2/c1-3-13(15-4-2)16-12-9-14-11-8-6-5-7-10(11)12/h5-9,13-14H,3-4H2,1-2H3. The molecule has 0 aliphatic rings. The minimum atomic E-state index is -0.163. The molecule has 1 unspecified atom stereocenters. The van der Waals surface area contributed by atoms with Crippen molar-refractivity contribution in [3.8, 4) is 5.75 Å². The van der Waals surface area contributed by atoms with E-state index < -0.39 is 0 Å². The van der Waals surface area contributed by atoms with Crippen molar-refractivity contribution >= 4 is 10.9 Å². The fraction of sp³-hybridized carbons (Fsp3) is 0.385. The second-order valence-corrected chi connectivity index (χ2v) is 3.61. The molecule has 1 aromatic carbocycles. The van der Waals surface area contributed by atoms with Crippen molar-refractivity contribution in [2.45, 2.75) is 26.6 Å². The number of ether oxygens (including phenoxy) is 2. The molecule has 0 amide bonds. The Morgan fingerprint density at radius 2 is 2.06 bits per heavy atom. The highest BCUT2D eigenvalue weighted by molar-refractivity contribution is 5.85. The molecule has 3 nitrogen and oxygen atoms in total. The molecule has 0 saturated carbocycles. The van der Waals surface area contributed by atoms with Crippen molar-refractivity contribution in [3.63, 3.8) is 0 Å². The lowest BCUT2D eigenvalue weighted by Gasteiger charge is -2.16. The van der Waals surface area contributed by atoms with Crippen LogP contribution in [0.3, 0.4) is 0 Å². The van der Waals surface area contributed by atoms with Crippen molar-refractivity contribution in [1.29, 1.82) is 0 Å². The Morgan fingerprint density at radius 3 is 2.81 bits per heavy atom. The molecule has 0 aliphatic heterocycles. The minimum absolute atomic E-state index is 0.163. The molecule has 0 spiro atoms. The van der Waals surface area contributed by atoms with Gasteiger partial charge in [-0.3, -0.25) is 0 Å². The fourth-order valence-corrected chi connectivity index (χ4v) is 1.71. The van der Waals surface area contributed by atoms with Crippen LogP contribution in [0.5, 0.6) is 5.75 Å². The van der Waals surface area contributed by atoms with Gasteiger partial charge in [0.25, 0.3) is 0 Å². The van der Waals surface area contributed by atoms with Gasteiger partial charge in [0.2, 0.25) is 0 Å². The summed E-state index contributed by atoms with van der Waals surface area (Å²) in [6.07, 6.45) is 2.56. The van der Waals surface area contributed by atoms with Gasteiger partial charge >= 0.3 is 0 Å². The van der Waals surface area contributed by atoms with Crippen LogP contribution in [-0.4, -0.2) is 17.9 Å². The maximum absolute atomic E-state index is 5.80. The third-order valence-corrected chi connectivity index (χ3v) is 2.50. The predicted molar refractivity (Wildman–Crippen MR) is 64.6 cm³/mol. The van der Waals surface area contributed by atoms with Gasteiger partial charge in [-0.1, -0.05) is 19.1 Å². The van der Waals surface area contributed by atoms with Crippen LogP contribution in [0, 0.1) is 0 Å². The molecule has 0 bridgehead atoms. The Morgan fingerprint density at radius 1 is 1.25 bits per heavy atom. The smallest absolute Gasteiger partial charge is 0.199 e. The third-order valence-electron chi connectivity index (χ3n) is 2.50. The molecule has 0 fully saturated rings. The molecule has 1 atom stereocenters. The van der Waals surface area contributed by atoms with Crippen molar-refractivity contribution in [2.75, 3.05) is 6.61 Å². The van der Waals surface area contributed by atoms with Gasteiger partial charge in [0.15, 0.2) is 6.29 Å². The van der Waals surface area contributed by atoms with E-state index in [-0.39, 0.29) is 6.29 Å². The average Bonchev–Trinajstić information content (AvgIpc) is 2.72. The zero-order valence-corrected chi connectivity index (χ0v) is 9.69. The first kappa shape index (κ1) is 11.0. The highest BCUT2D eigenvalue weighted by Crippen LogP contribution is 2.26. The predicted octanol–water partition coefficient (Wildman–Crippen LogP) is 3.32. The summed E-state index contributed by atoms with van der Waals surface area (Å²) in [6.45, 7) is 4.69. The number of hydrogen-bond acceptors (Lipinski definition) is 2. The summed E-state index contributed by atoms with van der Waals surface area (Å²) in [4.78, 5) is 3.18. The van der Waals surface area contributed by atoms with Crippen LogP contribution >= 0.6 is 0 Å². The topological polar surface area (TPSA) is 34.2 Å². The molecule has 86 valence electrons. The average molecular weight is 219 g/mol. The van der Waals surface area contributed by atoms with E-state index in [1.54, 1.807) is 0 Å². The highest BCUT2D eigenvalue weighted by Gasteiger charge is 2.10. The minimum Gasteiger partial charge on any atom is -0.463 e. The van der Waals surface area contributed by atoms with Gasteiger partial charge in [0.05, 0.1) is 0 Å². The molecule has 0 saturated heterocycles. The van der Waals surface area contributed by atoms with Crippen molar-refractivity contribution in [1.82, 2.24) is 4.98 Å². The number of rotatable bonds is 5. The van der Waals surface area contributed by atoms with Gasteiger partial charge in [-0.2, -0.15) is 0 Å². The number of H-pyrrole nitrogens is 1. The molecular formula is C13H17NO2. The van der Waals surface area contributed by atoms with Crippen LogP contribution in [0.25, 0.3) is 10.9 Å². The number of nitrogens with one attached hydrogen (secondary N) is 1. The Kier molecular flexibility index (Phi) is 3.47. The normalized spacial score (nSPS) is 12.9. The SMILES string of the molecule is CCOC(CC)Oc1c[nH]c2ccccc12. The first-order valence-electron chi connectivity index (χ1n) is 5.69. The van der Waals surface area contributed by atoms with Crippen LogP contribution in [0.15, 0.2) is 30.5 Å². The van der Waals surface area contributed by atoms with Gasteiger partial charge < -0.3 is 14.5 Å². The number of fused-ring (bicyclic) bond motifs is 1. The van der Waals surface area contributed by atoms with Crippen LogP contribution in [0.1, 0.15) is 20.3 Å². The van der Waals surface area contributed by atoms with E-state index in [0.717, 1.165) is 23.1 Å². The van der Waals surface area contributed by atoms with Crippen molar-refractivity contribution in [3.05, 3.63) is 30.5 Å². The molecule has 2 rings (SSSR count). The lowest BCUT2D eigenvalue weighted by molar-refractivity contribution is -0.0758. The Hall–Kier alpha value is -1.48. The number of aromatic amines is 1. The molecule has 1 aromatic heterocycles. The second-order valence-electron chi connectivity index (χ2n) is 3.61. The van der Waals surface area contributed by atoms with Crippen LogP contribution < -0.4 is 4.74 Å². The lowest BCUT2D eigenvalue weighted by Crippen LogP contribution is -2.19. The van der Waals surface area contributed by atoms with E-state index in [1.807, 2.05) is 37.4 Å². The summed E-state index contributed by atoms with van der Waals surface area (Å²) in [5, 5.41) is 1.10. The Balaban J connectivity index is 2.20. The van der Waals surface area contributed by atoms with Gasteiger partial charge in [0, 0.05) is 30.1 Å². The summed E-state index contributed by atoms with van der Waals surface area (Å²) < 4.78 is 11.3.